The van der Waals surface area contributed by atoms with Crippen molar-refractivity contribution >= 4 is 29.3 Å². The smallest absolute Gasteiger partial charge is 0.326 e. The third kappa shape index (κ3) is 8.63. The molecule has 12 heteroatoms. The lowest BCUT2D eigenvalue weighted by Crippen LogP contribution is -2.48. The molecule has 2 aromatic heterocycles. The number of hydrogen-bond donors (Lipinski definition) is 0. The zero-order chi connectivity index (χ0) is 31.8. The number of rotatable bonds is 12. The molecule has 1 aromatic carbocycles. The van der Waals surface area contributed by atoms with Gasteiger partial charge in [-0.25, -0.2) is 9.37 Å². The second-order valence-electron chi connectivity index (χ2n) is 11.4. The number of morpholine rings is 1. The number of ether oxygens (including phenoxy) is 3. The highest BCUT2D eigenvalue weighted by Gasteiger charge is 2.22. The summed E-state index contributed by atoms with van der Waals surface area (Å²) in [6, 6.07) is 11.5. The van der Waals surface area contributed by atoms with Gasteiger partial charge in [0.2, 0.25) is 5.88 Å². The van der Waals surface area contributed by atoms with E-state index >= 15 is 4.39 Å². The molecular formula is C33H43FN6O4S. The van der Waals surface area contributed by atoms with E-state index in [2.05, 4.69) is 38.5 Å². The first-order valence-electron chi connectivity index (χ1n) is 15.5. The van der Waals surface area contributed by atoms with Gasteiger partial charge in [0.05, 0.1) is 55.1 Å². The van der Waals surface area contributed by atoms with Gasteiger partial charge in [0.15, 0.2) is 0 Å². The predicted molar refractivity (Wildman–Crippen MR) is 175 cm³/mol. The van der Waals surface area contributed by atoms with Crippen LogP contribution < -0.4 is 13.9 Å². The van der Waals surface area contributed by atoms with Crippen LogP contribution in [0.1, 0.15) is 26.3 Å². The van der Waals surface area contributed by atoms with Crippen molar-refractivity contribution in [1.29, 1.82) is 0 Å². The van der Waals surface area contributed by atoms with E-state index in [1.54, 1.807) is 55.0 Å². The number of nitrogens with zero attached hydrogens (tertiary/aromatic N) is 6. The maximum absolute atomic E-state index is 15.6. The number of halogens is 1. The molecule has 2 aliphatic heterocycles. The number of piperazine rings is 1. The number of esters is 1. The van der Waals surface area contributed by atoms with E-state index in [0.717, 1.165) is 55.4 Å². The second-order valence-corrected chi connectivity index (χ2v) is 12.4. The molecule has 2 fully saturated rings. The van der Waals surface area contributed by atoms with E-state index in [4.69, 9.17) is 14.2 Å². The predicted octanol–water partition coefficient (Wildman–Crippen LogP) is 4.73. The Labute approximate surface area is 269 Å². The van der Waals surface area contributed by atoms with Crippen molar-refractivity contribution in [2.45, 2.75) is 38.3 Å². The van der Waals surface area contributed by atoms with Crippen molar-refractivity contribution in [1.82, 2.24) is 19.8 Å². The number of pyridine rings is 2. The van der Waals surface area contributed by atoms with E-state index in [1.165, 1.54) is 11.9 Å². The zero-order valence-electron chi connectivity index (χ0n) is 26.6. The molecule has 10 nitrogen and oxygen atoms in total. The largest absolute Gasteiger partial charge is 0.480 e. The van der Waals surface area contributed by atoms with Gasteiger partial charge in [-0.15, -0.1) is 0 Å². The Bertz CT molecular complexity index is 1430. The van der Waals surface area contributed by atoms with Crippen LogP contribution >= 0.6 is 11.9 Å². The quantitative estimate of drug-likeness (QED) is 0.204. The van der Waals surface area contributed by atoms with Gasteiger partial charge in [-0.05, 0) is 68.6 Å². The van der Waals surface area contributed by atoms with Crippen molar-refractivity contribution in [2.24, 2.45) is 0 Å². The van der Waals surface area contributed by atoms with E-state index in [0.29, 0.717) is 48.6 Å². The summed E-state index contributed by atoms with van der Waals surface area (Å²) >= 11 is 1.31. The van der Waals surface area contributed by atoms with Crippen LogP contribution in [0.2, 0.25) is 0 Å². The summed E-state index contributed by atoms with van der Waals surface area (Å²) in [4.78, 5) is 29.5. The minimum Gasteiger partial charge on any atom is -0.480 e. The molecule has 0 unspecified atom stereocenters. The summed E-state index contributed by atoms with van der Waals surface area (Å²) in [5.41, 5.74) is 3.42. The first kappa shape index (κ1) is 32.9. The van der Waals surface area contributed by atoms with Gasteiger partial charge in [0, 0.05) is 63.6 Å². The molecule has 0 bridgehead atoms. The van der Waals surface area contributed by atoms with Gasteiger partial charge >= 0.3 is 5.97 Å². The fourth-order valence-corrected chi connectivity index (χ4v) is 6.55. The first-order valence-corrected chi connectivity index (χ1v) is 16.3. The van der Waals surface area contributed by atoms with E-state index in [-0.39, 0.29) is 24.9 Å². The molecule has 2 saturated heterocycles. The van der Waals surface area contributed by atoms with Crippen LogP contribution in [0.5, 0.6) is 5.88 Å². The minimum absolute atomic E-state index is 0.0433. The van der Waals surface area contributed by atoms with Gasteiger partial charge < -0.3 is 23.4 Å². The lowest BCUT2D eigenvalue weighted by molar-refractivity contribution is -0.141. The SMILES string of the molecule is CCOC(=O)CN(Sc1cc(N2CCOCC2)cnc1OC)c1ccnc(-c2ccc(CN3CCN(C(C)C)CC3)cc2F)c1. The average molecular weight is 639 g/mol. The van der Waals surface area contributed by atoms with E-state index in [9.17, 15) is 4.79 Å². The molecule has 45 heavy (non-hydrogen) atoms. The molecule has 0 radical (unpaired) electrons. The molecule has 0 saturated carbocycles. The molecule has 3 aromatic rings. The Kier molecular flexibility index (Phi) is 11.5. The number of methoxy groups -OCH3 is 1. The third-order valence-electron chi connectivity index (χ3n) is 8.04. The fourth-order valence-electron chi connectivity index (χ4n) is 5.54. The van der Waals surface area contributed by atoms with E-state index < -0.39 is 0 Å². The molecule has 5 rings (SSSR count). The molecule has 0 aliphatic carbocycles. The Hall–Kier alpha value is -3.45. The highest BCUT2D eigenvalue weighted by molar-refractivity contribution is 8.00. The number of anilines is 2. The number of benzene rings is 1. The summed E-state index contributed by atoms with van der Waals surface area (Å²) < 4.78 is 33.7. The molecule has 242 valence electrons. The minimum atomic E-state index is -0.385. The maximum atomic E-state index is 15.6. The molecule has 2 aliphatic rings. The van der Waals surface area contributed by atoms with Gasteiger partial charge in [-0.2, -0.15) is 0 Å². The first-order chi connectivity index (χ1) is 21.8. The molecule has 0 N–H and O–H groups in total. The van der Waals surface area contributed by atoms with Gasteiger partial charge in [0.25, 0.3) is 0 Å². The lowest BCUT2D eigenvalue weighted by atomic mass is 10.1. The van der Waals surface area contributed by atoms with Crippen molar-refractivity contribution in [3.63, 3.8) is 0 Å². The van der Waals surface area contributed by atoms with Crippen molar-refractivity contribution in [3.05, 3.63) is 60.2 Å². The highest BCUT2D eigenvalue weighted by atomic mass is 32.2. The molecule has 0 spiro atoms. The molecule has 4 heterocycles. The normalized spacial score (nSPS) is 16.2. The Morgan fingerprint density at radius 2 is 1.84 bits per heavy atom. The van der Waals surface area contributed by atoms with Crippen molar-refractivity contribution in [3.8, 4) is 17.1 Å². The van der Waals surface area contributed by atoms with Crippen LogP contribution in [0.25, 0.3) is 11.3 Å². The van der Waals surface area contributed by atoms with Gasteiger partial charge in [-0.3, -0.25) is 19.6 Å². The highest BCUT2D eigenvalue weighted by Crippen LogP contribution is 2.37. The Morgan fingerprint density at radius 1 is 1.07 bits per heavy atom. The van der Waals surface area contributed by atoms with Crippen LogP contribution in [-0.2, 0) is 20.8 Å². The zero-order valence-corrected chi connectivity index (χ0v) is 27.4. The van der Waals surface area contributed by atoms with Crippen LogP contribution in [-0.4, -0.2) is 105 Å². The van der Waals surface area contributed by atoms with Gasteiger partial charge in [-0.1, -0.05) is 6.07 Å². The number of hydrogen-bond acceptors (Lipinski definition) is 11. The maximum Gasteiger partial charge on any atom is 0.326 e. The Morgan fingerprint density at radius 3 is 2.53 bits per heavy atom. The average Bonchev–Trinajstić information content (AvgIpc) is 3.05. The van der Waals surface area contributed by atoms with Crippen LogP contribution in [0.15, 0.2) is 53.7 Å². The van der Waals surface area contributed by atoms with E-state index in [1.807, 2.05) is 12.1 Å². The summed E-state index contributed by atoms with van der Waals surface area (Å²) in [6.07, 6.45) is 3.41. The summed E-state index contributed by atoms with van der Waals surface area (Å²) in [7, 11) is 1.57. The summed E-state index contributed by atoms with van der Waals surface area (Å²) in [5, 5.41) is 0. The number of carbonyl (C=O) groups excluding carboxylic acids is 1. The molecular weight excluding hydrogens is 595 g/mol. The monoisotopic (exact) mass is 638 g/mol. The number of aromatic nitrogens is 2. The van der Waals surface area contributed by atoms with Crippen molar-refractivity contribution in [2.75, 3.05) is 81.9 Å². The Balaban J connectivity index is 1.37. The fraction of sp³-hybridized carbons (Fsp3) is 0.485. The summed E-state index contributed by atoms with van der Waals surface area (Å²) in [6.45, 7) is 13.9. The lowest BCUT2D eigenvalue weighted by Gasteiger charge is -2.36. The molecule has 0 atom stereocenters. The second kappa shape index (κ2) is 15.7. The third-order valence-corrected chi connectivity index (χ3v) is 9.09. The molecule has 0 amide bonds. The van der Waals surface area contributed by atoms with Crippen LogP contribution in [0.4, 0.5) is 15.8 Å². The summed E-state index contributed by atoms with van der Waals surface area (Å²) in [5.74, 6) is -0.275. The van der Waals surface area contributed by atoms with Crippen LogP contribution in [0.3, 0.4) is 0 Å². The standard InChI is InChI=1S/C33H43FN6O4S/c1-5-44-32(41)23-40(45-31-20-27(21-36-33(31)42-4)39-14-16-43-17-15-39)26-8-9-35-30(19-26)28-7-6-25(18-29(28)34)22-37-10-12-38(13-11-37)24(2)3/h6-9,18-21,24H,5,10-17,22-23H2,1-4H3. The van der Waals surface area contributed by atoms with Gasteiger partial charge in [0.1, 0.15) is 12.4 Å². The topological polar surface area (TPSA) is 83.5 Å². The number of carbonyl (C=O) groups is 1. The van der Waals surface area contributed by atoms with Crippen LogP contribution in [0, 0.1) is 5.82 Å². The van der Waals surface area contributed by atoms with Crippen molar-refractivity contribution < 1.29 is 23.4 Å².